The van der Waals surface area contributed by atoms with Gasteiger partial charge in [-0.3, -0.25) is 9.78 Å². The Balaban J connectivity index is 1.79. The van der Waals surface area contributed by atoms with Crippen molar-refractivity contribution in [2.45, 2.75) is 12.7 Å². The van der Waals surface area contributed by atoms with Gasteiger partial charge in [-0.05, 0) is 35.9 Å². The molecule has 0 unspecified atom stereocenters. The van der Waals surface area contributed by atoms with Crippen molar-refractivity contribution in [1.82, 2.24) is 10.3 Å². The second kappa shape index (κ2) is 6.93. The van der Waals surface area contributed by atoms with Crippen molar-refractivity contribution >= 4 is 11.6 Å². The third-order valence-corrected chi connectivity index (χ3v) is 2.88. The van der Waals surface area contributed by atoms with Gasteiger partial charge in [-0.2, -0.15) is 13.2 Å². The lowest BCUT2D eigenvalue weighted by Crippen LogP contribution is -2.29. The molecule has 0 aliphatic rings. The van der Waals surface area contributed by atoms with E-state index in [1.54, 1.807) is 18.5 Å². The minimum absolute atomic E-state index is 0.0222. The lowest BCUT2D eigenvalue weighted by molar-refractivity contribution is -0.137. The normalized spacial score (nSPS) is 11.0. The molecule has 116 valence electrons. The zero-order chi connectivity index (χ0) is 16.0. The largest absolute Gasteiger partial charge is 0.416 e. The SMILES string of the molecule is O=C(CNc1ccc(C(F)(F)F)cc1)NCc1cccnc1. The number of anilines is 1. The first-order valence-electron chi connectivity index (χ1n) is 6.52. The second-order valence-corrected chi connectivity index (χ2v) is 4.57. The predicted molar refractivity (Wildman–Crippen MR) is 76.0 cm³/mol. The van der Waals surface area contributed by atoms with E-state index in [1.807, 2.05) is 6.07 Å². The number of aromatic nitrogens is 1. The van der Waals surface area contributed by atoms with Crippen LogP contribution < -0.4 is 10.6 Å². The van der Waals surface area contributed by atoms with Gasteiger partial charge in [-0.1, -0.05) is 6.07 Å². The lowest BCUT2D eigenvalue weighted by atomic mass is 10.2. The van der Waals surface area contributed by atoms with Crippen LogP contribution in [0, 0.1) is 0 Å². The Labute approximate surface area is 125 Å². The number of carbonyl (C=O) groups is 1. The van der Waals surface area contributed by atoms with Crippen molar-refractivity contribution < 1.29 is 18.0 Å². The number of nitrogens with one attached hydrogen (secondary N) is 2. The van der Waals surface area contributed by atoms with Crippen LogP contribution >= 0.6 is 0 Å². The molecule has 22 heavy (non-hydrogen) atoms. The van der Waals surface area contributed by atoms with E-state index in [0.717, 1.165) is 17.7 Å². The molecular weight excluding hydrogens is 295 g/mol. The second-order valence-electron chi connectivity index (χ2n) is 4.57. The van der Waals surface area contributed by atoms with Gasteiger partial charge < -0.3 is 10.6 Å². The fourth-order valence-corrected chi connectivity index (χ4v) is 1.73. The number of hydrogen-bond acceptors (Lipinski definition) is 3. The number of nitrogens with zero attached hydrogens (tertiary/aromatic N) is 1. The summed E-state index contributed by atoms with van der Waals surface area (Å²) in [5, 5.41) is 5.45. The van der Waals surface area contributed by atoms with Crippen LogP contribution in [0.15, 0.2) is 48.8 Å². The molecule has 1 amide bonds. The van der Waals surface area contributed by atoms with Gasteiger partial charge in [-0.25, -0.2) is 0 Å². The molecule has 0 saturated carbocycles. The first-order valence-corrected chi connectivity index (χ1v) is 6.52. The van der Waals surface area contributed by atoms with E-state index in [2.05, 4.69) is 15.6 Å². The Kier molecular flexibility index (Phi) is 4.98. The van der Waals surface area contributed by atoms with Gasteiger partial charge >= 0.3 is 6.18 Å². The first-order chi connectivity index (χ1) is 10.4. The molecule has 1 heterocycles. The molecule has 4 nitrogen and oxygen atoms in total. The van der Waals surface area contributed by atoms with Crippen LogP contribution in [0.1, 0.15) is 11.1 Å². The molecule has 7 heteroatoms. The number of amides is 1. The van der Waals surface area contributed by atoms with E-state index >= 15 is 0 Å². The predicted octanol–water partition coefficient (Wildman–Crippen LogP) is 2.83. The first kappa shape index (κ1) is 15.8. The van der Waals surface area contributed by atoms with Crippen molar-refractivity contribution in [3.63, 3.8) is 0 Å². The average molecular weight is 309 g/mol. The smallest absolute Gasteiger partial charge is 0.376 e. The molecule has 0 aliphatic carbocycles. The maximum absolute atomic E-state index is 12.4. The van der Waals surface area contributed by atoms with Crippen molar-refractivity contribution in [2.75, 3.05) is 11.9 Å². The van der Waals surface area contributed by atoms with Crippen LogP contribution in [0.5, 0.6) is 0 Å². The van der Waals surface area contributed by atoms with Crippen molar-refractivity contribution in [3.8, 4) is 0 Å². The molecule has 0 saturated heterocycles. The van der Waals surface area contributed by atoms with Crippen LogP contribution in [0.25, 0.3) is 0 Å². The molecule has 0 fully saturated rings. The van der Waals surface area contributed by atoms with E-state index in [0.29, 0.717) is 12.2 Å². The van der Waals surface area contributed by atoms with E-state index in [4.69, 9.17) is 0 Å². The quantitative estimate of drug-likeness (QED) is 0.893. The number of alkyl halides is 3. The number of hydrogen-bond donors (Lipinski definition) is 2. The number of rotatable bonds is 5. The number of halogens is 3. The van der Waals surface area contributed by atoms with Crippen molar-refractivity contribution in [3.05, 3.63) is 59.9 Å². The molecule has 1 aromatic heterocycles. The van der Waals surface area contributed by atoms with Crippen LogP contribution in [-0.2, 0) is 17.5 Å². The zero-order valence-corrected chi connectivity index (χ0v) is 11.5. The summed E-state index contributed by atoms with van der Waals surface area (Å²) in [7, 11) is 0. The van der Waals surface area contributed by atoms with E-state index in [-0.39, 0.29) is 12.5 Å². The standard InChI is InChI=1S/C15H14F3N3O/c16-15(17,18)12-3-5-13(6-4-12)20-10-14(22)21-9-11-2-1-7-19-8-11/h1-8,20H,9-10H2,(H,21,22). The maximum atomic E-state index is 12.4. The van der Waals surface area contributed by atoms with Gasteiger partial charge in [0.25, 0.3) is 0 Å². The van der Waals surface area contributed by atoms with E-state index in [9.17, 15) is 18.0 Å². The van der Waals surface area contributed by atoms with Gasteiger partial charge in [0, 0.05) is 24.6 Å². The summed E-state index contributed by atoms with van der Waals surface area (Å²) in [5.74, 6) is -0.260. The molecule has 1 aromatic carbocycles. The lowest BCUT2D eigenvalue weighted by Gasteiger charge is -2.10. The van der Waals surface area contributed by atoms with Gasteiger partial charge in [0.15, 0.2) is 0 Å². The van der Waals surface area contributed by atoms with E-state index in [1.165, 1.54) is 12.1 Å². The maximum Gasteiger partial charge on any atom is 0.416 e. The highest BCUT2D eigenvalue weighted by Gasteiger charge is 2.29. The molecular formula is C15H14F3N3O. The number of carbonyl (C=O) groups excluding carboxylic acids is 1. The molecule has 2 rings (SSSR count). The summed E-state index contributed by atoms with van der Waals surface area (Å²) >= 11 is 0. The van der Waals surface area contributed by atoms with Crippen molar-refractivity contribution in [2.24, 2.45) is 0 Å². The molecule has 0 radical (unpaired) electrons. The Morgan fingerprint density at radius 3 is 2.45 bits per heavy atom. The molecule has 2 N–H and O–H groups in total. The fraction of sp³-hybridized carbons (Fsp3) is 0.200. The van der Waals surface area contributed by atoms with Crippen LogP contribution in [0.4, 0.5) is 18.9 Å². The zero-order valence-electron chi connectivity index (χ0n) is 11.5. The molecule has 0 spiro atoms. The minimum Gasteiger partial charge on any atom is -0.376 e. The summed E-state index contributed by atoms with van der Waals surface area (Å²) in [4.78, 5) is 15.6. The Morgan fingerprint density at radius 1 is 1.14 bits per heavy atom. The highest BCUT2D eigenvalue weighted by atomic mass is 19.4. The Morgan fingerprint density at radius 2 is 1.86 bits per heavy atom. The number of pyridine rings is 1. The van der Waals surface area contributed by atoms with Crippen LogP contribution in [0.2, 0.25) is 0 Å². The summed E-state index contributed by atoms with van der Waals surface area (Å²) in [6.45, 7) is 0.326. The van der Waals surface area contributed by atoms with Crippen molar-refractivity contribution in [1.29, 1.82) is 0 Å². The van der Waals surface area contributed by atoms with Gasteiger partial charge in [0.1, 0.15) is 0 Å². The highest BCUT2D eigenvalue weighted by Crippen LogP contribution is 2.29. The summed E-state index contributed by atoms with van der Waals surface area (Å²) in [5.41, 5.74) is 0.592. The van der Waals surface area contributed by atoms with Crippen LogP contribution in [-0.4, -0.2) is 17.4 Å². The Hall–Kier alpha value is -2.57. The van der Waals surface area contributed by atoms with Gasteiger partial charge in [0.2, 0.25) is 5.91 Å². The average Bonchev–Trinajstić information content (AvgIpc) is 2.51. The molecule has 0 atom stereocenters. The third-order valence-electron chi connectivity index (χ3n) is 2.88. The summed E-state index contributed by atoms with van der Waals surface area (Å²) < 4.78 is 37.2. The molecule has 2 aromatic rings. The third kappa shape index (κ3) is 4.76. The molecule has 0 bridgehead atoms. The van der Waals surface area contributed by atoms with Crippen LogP contribution in [0.3, 0.4) is 0 Å². The highest BCUT2D eigenvalue weighted by molar-refractivity contribution is 5.80. The molecule has 0 aliphatic heterocycles. The van der Waals surface area contributed by atoms with E-state index < -0.39 is 11.7 Å². The Bertz CT molecular complexity index is 612. The topological polar surface area (TPSA) is 54.0 Å². The number of benzene rings is 1. The van der Waals surface area contributed by atoms with Gasteiger partial charge in [-0.15, -0.1) is 0 Å². The summed E-state index contributed by atoms with van der Waals surface area (Å²) in [6.07, 6.45) is -1.08. The fourth-order valence-electron chi connectivity index (χ4n) is 1.73. The van der Waals surface area contributed by atoms with Gasteiger partial charge in [0.05, 0.1) is 12.1 Å². The monoisotopic (exact) mass is 309 g/mol. The minimum atomic E-state index is -4.36. The summed E-state index contributed by atoms with van der Waals surface area (Å²) in [6, 6.07) is 8.11.